The number of aryl methyl sites for hydroxylation is 2. The van der Waals surface area contributed by atoms with Gasteiger partial charge in [0.2, 0.25) is 0 Å². The van der Waals surface area contributed by atoms with Gasteiger partial charge in [-0.25, -0.2) is 9.50 Å². The van der Waals surface area contributed by atoms with E-state index in [1.165, 1.54) is 11.1 Å². The number of ether oxygens (including phenoxy) is 1. The van der Waals surface area contributed by atoms with Crippen molar-refractivity contribution in [2.45, 2.75) is 26.9 Å². The molecule has 0 atom stereocenters. The average molecular weight is 494 g/mol. The molecule has 0 aliphatic carbocycles. The van der Waals surface area contributed by atoms with Gasteiger partial charge in [0, 0.05) is 49.3 Å². The average Bonchev–Trinajstić information content (AvgIpc) is 3.57. The molecule has 0 saturated heterocycles. The van der Waals surface area contributed by atoms with Crippen LogP contribution >= 0.6 is 0 Å². The van der Waals surface area contributed by atoms with E-state index in [0.717, 1.165) is 22.6 Å². The third-order valence-corrected chi connectivity index (χ3v) is 6.96. The number of hydrogen-bond acceptors (Lipinski definition) is 6. The monoisotopic (exact) mass is 493 g/mol. The van der Waals surface area contributed by atoms with Gasteiger partial charge in [-0.15, -0.1) is 0 Å². The molecule has 0 radical (unpaired) electrons. The Labute approximate surface area is 214 Å². The van der Waals surface area contributed by atoms with Crippen molar-refractivity contribution in [3.05, 3.63) is 89.0 Å². The van der Waals surface area contributed by atoms with Gasteiger partial charge in [-0.1, -0.05) is 30.3 Å². The summed E-state index contributed by atoms with van der Waals surface area (Å²) in [4.78, 5) is 20.6. The Morgan fingerprint density at radius 1 is 1.00 bits per heavy atom. The molecule has 1 aliphatic rings. The molecule has 5 aromatic rings. The highest BCUT2D eigenvalue weighted by Gasteiger charge is 2.30. The zero-order valence-corrected chi connectivity index (χ0v) is 21.2. The number of benzene rings is 2. The summed E-state index contributed by atoms with van der Waals surface area (Å²) in [6, 6.07) is 17.5. The maximum Gasteiger partial charge on any atom is 0.278 e. The molecule has 4 heterocycles. The highest BCUT2D eigenvalue weighted by Crippen LogP contribution is 2.36. The summed E-state index contributed by atoms with van der Waals surface area (Å²) < 4.78 is 8.95. The number of carbonyl (C=O) groups is 1. The molecule has 3 aromatic heterocycles. The summed E-state index contributed by atoms with van der Waals surface area (Å²) in [6.07, 6.45) is 1.77. The Kier molecular flexibility index (Phi) is 5.40. The van der Waals surface area contributed by atoms with E-state index in [9.17, 15) is 4.79 Å². The Balaban J connectivity index is 1.51. The first-order valence-electron chi connectivity index (χ1n) is 12.1. The normalized spacial score (nSPS) is 12.7. The quantitative estimate of drug-likeness (QED) is 0.387. The fourth-order valence-electron chi connectivity index (χ4n) is 5.09. The number of fused-ring (bicyclic) bond motifs is 2. The number of amides is 1. The zero-order chi connectivity index (χ0) is 25.7. The highest BCUT2D eigenvalue weighted by atomic mass is 16.5. The van der Waals surface area contributed by atoms with Crippen LogP contribution in [0.3, 0.4) is 0 Å². The van der Waals surface area contributed by atoms with E-state index in [1.54, 1.807) is 23.9 Å². The molecule has 186 valence electrons. The van der Waals surface area contributed by atoms with Crippen LogP contribution in [-0.2, 0) is 20.1 Å². The van der Waals surface area contributed by atoms with E-state index >= 15 is 0 Å². The lowest BCUT2D eigenvalue weighted by molar-refractivity contribution is 0.102. The molecule has 6 rings (SSSR count). The number of rotatable bonds is 5. The second-order valence-electron chi connectivity index (χ2n) is 9.24. The van der Waals surface area contributed by atoms with E-state index < -0.39 is 0 Å². The molecule has 1 N–H and O–H groups in total. The van der Waals surface area contributed by atoms with Gasteiger partial charge in [-0.05, 0) is 43.2 Å². The van der Waals surface area contributed by atoms with Gasteiger partial charge < -0.3 is 15.0 Å². The largest absolute Gasteiger partial charge is 0.497 e. The molecule has 1 aliphatic heterocycles. The number of aromatic nitrogens is 5. The second kappa shape index (κ2) is 8.77. The van der Waals surface area contributed by atoms with Crippen LogP contribution in [-0.4, -0.2) is 37.4 Å². The van der Waals surface area contributed by atoms with Gasteiger partial charge in [0.25, 0.3) is 5.91 Å². The lowest BCUT2D eigenvalue weighted by Gasteiger charge is -2.17. The number of nitrogens with zero attached hydrogens (tertiary/aromatic N) is 6. The van der Waals surface area contributed by atoms with Crippen molar-refractivity contribution in [2.75, 3.05) is 17.3 Å². The van der Waals surface area contributed by atoms with E-state index in [2.05, 4.69) is 27.4 Å². The summed E-state index contributed by atoms with van der Waals surface area (Å²) in [5.74, 6) is 0.352. The molecular weight excluding hydrogens is 466 g/mol. The van der Waals surface area contributed by atoms with Crippen LogP contribution in [0.25, 0.3) is 16.9 Å². The van der Waals surface area contributed by atoms with Crippen molar-refractivity contribution >= 4 is 22.9 Å². The molecule has 0 fully saturated rings. The third kappa shape index (κ3) is 3.79. The summed E-state index contributed by atoms with van der Waals surface area (Å²) in [5, 5.41) is 12.4. The molecule has 1 amide bonds. The second-order valence-corrected chi connectivity index (χ2v) is 9.24. The van der Waals surface area contributed by atoms with Crippen molar-refractivity contribution in [1.82, 2.24) is 24.4 Å². The zero-order valence-electron chi connectivity index (χ0n) is 21.2. The van der Waals surface area contributed by atoms with Crippen molar-refractivity contribution < 1.29 is 9.53 Å². The van der Waals surface area contributed by atoms with Crippen LogP contribution in [0.1, 0.15) is 33.0 Å². The predicted molar refractivity (Wildman–Crippen MR) is 142 cm³/mol. The maximum absolute atomic E-state index is 13.7. The van der Waals surface area contributed by atoms with Crippen molar-refractivity contribution in [3.63, 3.8) is 0 Å². The molecule has 9 nitrogen and oxygen atoms in total. The molecule has 0 unspecified atom stereocenters. The standard InChI is InChI=1S/C28H27N7O2/c1-17-24(18(2)33(3)31-17)23-12-13-29-27-26(34-15-19-8-5-6-9-20(19)16-34)25(32-35(23)27)28(36)30-21-10-7-11-22(14-21)37-4/h5-14H,15-16H2,1-4H3,(H,30,36). The van der Waals surface area contributed by atoms with Crippen LogP contribution < -0.4 is 15.0 Å². The number of carbonyl (C=O) groups excluding carboxylic acids is 1. The number of nitrogens with one attached hydrogen (secondary N) is 1. The van der Waals surface area contributed by atoms with Gasteiger partial charge in [-0.3, -0.25) is 9.48 Å². The first-order chi connectivity index (χ1) is 17.9. The van der Waals surface area contributed by atoms with Gasteiger partial charge in [0.1, 0.15) is 11.4 Å². The molecule has 9 heteroatoms. The van der Waals surface area contributed by atoms with Crippen LogP contribution in [0.15, 0.2) is 60.8 Å². The Morgan fingerprint density at radius 3 is 2.43 bits per heavy atom. The van der Waals surface area contributed by atoms with Crippen LogP contribution in [0.2, 0.25) is 0 Å². The van der Waals surface area contributed by atoms with E-state index in [0.29, 0.717) is 41.6 Å². The van der Waals surface area contributed by atoms with Crippen LogP contribution in [0, 0.1) is 13.8 Å². The Hall–Kier alpha value is -4.66. The predicted octanol–water partition coefficient (Wildman–Crippen LogP) is 4.53. The molecular formula is C28H27N7O2. The van der Waals surface area contributed by atoms with Gasteiger partial charge in [0.05, 0.1) is 18.5 Å². The highest BCUT2D eigenvalue weighted by molar-refractivity contribution is 6.09. The van der Waals surface area contributed by atoms with Crippen LogP contribution in [0.4, 0.5) is 11.4 Å². The number of hydrogen-bond donors (Lipinski definition) is 1. The minimum Gasteiger partial charge on any atom is -0.497 e. The third-order valence-electron chi connectivity index (χ3n) is 6.96. The molecule has 37 heavy (non-hydrogen) atoms. The molecule has 0 saturated carbocycles. The van der Waals surface area contributed by atoms with E-state index in [1.807, 2.05) is 62.0 Å². The number of anilines is 2. The Morgan fingerprint density at radius 2 is 1.76 bits per heavy atom. The van der Waals surface area contributed by atoms with Gasteiger partial charge in [-0.2, -0.15) is 10.2 Å². The van der Waals surface area contributed by atoms with Crippen molar-refractivity contribution in [3.8, 4) is 17.0 Å². The minimum absolute atomic E-state index is 0.310. The summed E-state index contributed by atoms with van der Waals surface area (Å²) in [6.45, 7) is 5.35. The smallest absolute Gasteiger partial charge is 0.278 e. The molecule has 0 spiro atoms. The Bertz CT molecular complexity index is 1640. The lowest BCUT2D eigenvalue weighted by atomic mass is 10.1. The van der Waals surface area contributed by atoms with Crippen molar-refractivity contribution in [2.24, 2.45) is 7.05 Å². The summed E-state index contributed by atoms with van der Waals surface area (Å²) in [5.41, 5.74) is 8.46. The SMILES string of the molecule is COc1cccc(NC(=O)c2nn3c(-c4c(C)nn(C)c4C)ccnc3c2N2Cc3ccccc3C2)c1. The summed E-state index contributed by atoms with van der Waals surface area (Å²) >= 11 is 0. The van der Waals surface area contributed by atoms with Gasteiger partial charge >= 0.3 is 0 Å². The molecule has 2 aromatic carbocycles. The minimum atomic E-state index is -0.310. The summed E-state index contributed by atoms with van der Waals surface area (Å²) in [7, 11) is 3.52. The first kappa shape index (κ1) is 22.8. The molecule has 0 bridgehead atoms. The van der Waals surface area contributed by atoms with E-state index in [4.69, 9.17) is 14.8 Å². The number of methoxy groups -OCH3 is 1. The fraction of sp³-hybridized carbons (Fsp3) is 0.214. The lowest BCUT2D eigenvalue weighted by Crippen LogP contribution is -2.20. The fourth-order valence-corrected chi connectivity index (χ4v) is 5.09. The first-order valence-corrected chi connectivity index (χ1v) is 12.1. The maximum atomic E-state index is 13.7. The topological polar surface area (TPSA) is 89.6 Å². The van der Waals surface area contributed by atoms with E-state index in [-0.39, 0.29) is 5.91 Å². The van der Waals surface area contributed by atoms with Crippen LogP contribution in [0.5, 0.6) is 5.75 Å². The van der Waals surface area contributed by atoms with Crippen molar-refractivity contribution in [1.29, 1.82) is 0 Å². The van der Waals surface area contributed by atoms with Gasteiger partial charge in [0.15, 0.2) is 11.3 Å².